The molecular weight excluding hydrogens is 464 g/mol. The van der Waals surface area contributed by atoms with E-state index in [1.54, 1.807) is 68.8 Å². The van der Waals surface area contributed by atoms with Crippen LogP contribution in [0.2, 0.25) is 0 Å². The van der Waals surface area contributed by atoms with Crippen LogP contribution in [0.4, 0.5) is 5.69 Å². The lowest BCUT2D eigenvalue weighted by molar-refractivity contribution is -0.531. The van der Waals surface area contributed by atoms with Gasteiger partial charge in [0.05, 0.1) is 27.0 Å². The van der Waals surface area contributed by atoms with Gasteiger partial charge in [-0.2, -0.15) is 0 Å². The van der Waals surface area contributed by atoms with Crippen molar-refractivity contribution in [2.75, 3.05) is 33.3 Å². The van der Waals surface area contributed by atoms with E-state index in [1.165, 1.54) is 19.1 Å². The molecule has 1 spiro atoms. The van der Waals surface area contributed by atoms with Gasteiger partial charge in [0.15, 0.2) is 23.2 Å². The maximum absolute atomic E-state index is 14.1. The minimum atomic E-state index is -1.65. The molecule has 1 saturated heterocycles. The van der Waals surface area contributed by atoms with Gasteiger partial charge < -0.3 is 23.8 Å². The maximum Gasteiger partial charge on any atom is 0.264 e. The summed E-state index contributed by atoms with van der Waals surface area (Å²) in [6.45, 7) is 0. The second kappa shape index (κ2) is 8.83. The highest BCUT2D eigenvalue weighted by Crippen LogP contribution is 2.62. The Labute approximate surface area is 208 Å². The molecule has 2 aliphatic rings. The number of hydrogen-bond donors (Lipinski definition) is 0. The lowest BCUT2D eigenvalue weighted by Crippen LogP contribution is -2.44. The quantitative estimate of drug-likeness (QED) is 0.379. The third-order valence-corrected chi connectivity index (χ3v) is 7.15. The van der Waals surface area contributed by atoms with E-state index >= 15 is 0 Å². The number of hydrogen-bond acceptors (Lipinski definition) is 7. The fourth-order valence-corrected chi connectivity index (χ4v) is 5.58. The fourth-order valence-electron chi connectivity index (χ4n) is 5.58. The largest absolute Gasteiger partial charge is 0.497 e. The fraction of sp³-hybridized carbons (Fsp3) is 0.296. The molecular formula is C27H26N2O7. The number of fused-ring (bicyclic) bond motifs is 2. The number of amides is 1. The number of carbonyl (C=O) groups excluding carboxylic acids is 1. The average Bonchev–Trinajstić information content (AvgIpc) is 3.38. The molecule has 0 bridgehead atoms. The van der Waals surface area contributed by atoms with Crippen molar-refractivity contribution in [1.82, 2.24) is 0 Å². The Morgan fingerprint density at radius 1 is 0.944 bits per heavy atom. The Morgan fingerprint density at radius 3 is 2.31 bits per heavy atom. The van der Waals surface area contributed by atoms with Gasteiger partial charge in [-0.05, 0) is 29.8 Å². The summed E-state index contributed by atoms with van der Waals surface area (Å²) in [5, 5.41) is 12.8. The SMILES string of the molecule is COc1ccc([C@@H]2O[C@@]3(C(=O)N(C)c4ccccc43)[C@@H](c3cccc(OC)c3OC)[C@@H]2[N+](=O)[O-])cc1. The number of nitro groups is 1. The molecule has 4 atom stereocenters. The zero-order chi connectivity index (χ0) is 25.6. The van der Waals surface area contributed by atoms with Crippen LogP contribution in [-0.2, 0) is 15.1 Å². The van der Waals surface area contributed by atoms with Gasteiger partial charge in [0.1, 0.15) is 11.7 Å². The summed E-state index contributed by atoms with van der Waals surface area (Å²) >= 11 is 0. The van der Waals surface area contributed by atoms with Crippen LogP contribution in [0.1, 0.15) is 28.7 Å². The average molecular weight is 491 g/mol. The molecule has 0 aromatic heterocycles. The smallest absolute Gasteiger partial charge is 0.264 e. The van der Waals surface area contributed by atoms with Crippen LogP contribution in [0.25, 0.3) is 0 Å². The molecule has 0 aliphatic carbocycles. The van der Waals surface area contributed by atoms with E-state index in [2.05, 4.69) is 0 Å². The monoisotopic (exact) mass is 490 g/mol. The van der Waals surface area contributed by atoms with Gasteiger partial charge >= 0.3 is 0 Å². The molecule has 2 aliphatic heterocycles. The molecule has 0 N–H and O–H groups in total. The van der Waals surface area contributed by atoms with Crippen LogP contribution in [-0.4, -0.2) is 45.2 Å². The van der Waals surface area contributed by atoms with Gasteiger partial charge in [-0.1, -0.05) is 42.5 Å². The summed E-state index contributed by atoms with van der Waals surface area (Å²) in [6, 6.07) is 18.0. The maximum atomic E-state index is 14.1. The van der Waals surface area contributed by atoms with E-state index in [-0.39, 0.29) is 10.8 Å². The zero-order valence-corrected chi connectivity index (χ0v) is 20.3. The first-order chi connectivity index (χ1) is 17.4. The Kier molecular flexibility index (Phi) is 5.80. The molecule has 0 saturated carbocycles. The van der Waals surface area contributed by atoms with Gasteiger partial charge in [-0.3, -0.25) is 14.9 Å². The molecule has 186 valence electrons. The molecule has 0 radical (unpaired) electrons. The summed E-state index contributed by atoms with van der Waals surface area (Å²) in [5.74, 6) is -0.0379. The zero-order valence-electron chi connectivity index (χ0n) is 20.3. The molecule has 1 amide bonds. The van der Waals surface area contributed by atoms with E-state index in [0.29, 0.717) is 39.6 Å². The van der Waals surface area contributed by atoms with Crippen molar-refractivity contribution in [3.8, 4) is 17.2 Å². The molecule has 9 heteroatoms. The third kappa shape index (κ3) is 3.23. The second-order valence-corrected chi connectivity index (χ2v) is 8.76. The summed E-state index contributed by atoms with van der Waals surface area (Å²) in [5.41, 5.74) is 0.615. The highest BCUT2D eigenvalue weighted by Gasteiger charge is 2.70. The highest BCUT2D eigenvalue weighted by molar-refractivity contribution is 6.08. The molecule has 0 unspecified atom stereocenters. The standard InChI is InChI=1S/C27H26N2O7/c1-28-20-10-6-5-9-19(20)27(26(28)30)22(18-8-7-11-21(34-3)25(18)35-4)23(29(31)32)24(36-27)16-12-14-17(33-2)15-13-16/h5-15,22-24H,1-4H3/t22-,23-,24-,27+/m0/s1. The predicted molar refractivity (Wildman–Crippen MR) is 131 cm³/mol. The van der Waals surface area contributed by atoms with Gasteiger partial charge in [-0.25, -0.2) is 0 Å². The van der Waals surface area contributed by atoms with E-state index < -0.39 is 23.7 Å². The summed E-state index contributed by atoms with van der Waals surface area (Å²) < 4.78 is 23.1. The number of likely N-dealkylation sites (N-methyl/N-ethyl adjacent to an activating group) is 1. The molecule has 3 aromatic rings. The minimum absolute atomic E-state index is 0.329. The summed E-state index contributed by atoms with van der Waals surface area (Å²) in [7, 11) is 6.17. The van der Waals surface area contributed by atoms with Crippen molar-refractivity contribution in [2.45, 2.75) is 23.7 Å². The van der Waals surface area contributed by atoms with Crippen molar-refractivity contribution in [3.05, 3.63) is 93.5 Å². The first kappa shape index (κ1) is 23.6. The highest BCUT2D eigenvalue weighted by atomic mass is 16.6. The molecule has 36 heavy (non-hydrogen) atoms. The van der Waals surface area contributed by atoms with Gasteiger partial charge in [0.25, 0.3) is 11.9 Å². The summed E-state index contributed by atoms with van der Waals surface area (Å²) in [6.07, 6.45) is -1.02. The van der Waals surface area contributed by atoms with Crippen molar-refractivity contribution >= 4 is 11.6 Å². The van der Waals surface area contributed by atoms with Gasteiger partial charge in [-0.15, -0.1) is 0 Å². The molecule has 3 aromatic carbocycles. The third-order valence-electron chi connectivity index (χ3n) is 7.15. The normalized spacial score (nSPS) is 24.6. The number of ether oxygens (including phenoxy) is 4. The molecule has 9 nitrogen and oxygen atoms in total. The van der Waals surface area contributed by atoms with Crippen molar-refractivity contribution < 1.29 is 28.7 Å². The van der Waals surface area contributed by atoms with E-state index in [0.717, 1.165) is 0 Å². The van der Waals surface area contributed by atoms with Crippen LogP contribution in [0.5, 0.6) is 17.2 Å². The second-order valence-electron chi connectivity index (χ2n) is 8.76. The number of rotatable bonds is 6. The lowest BCUT2D eigenvalue weighted by Gasteiger charge is -2.30. The topological polar surface area (TPSA) is 100 Å². The van der Waals surface area contributed by atoms with E-state index in [1.807, 2.05) is 12.1 Å². The first-order valence-corrected chi connectivity index (χ1v) is 11.4. The Hall–Kier alpha value is -4.11. The number of nitrogens with zero attached hydrogens (tertiary/aromatic N) is 2. The van der Waals surface area contributed by atoms with Gasteiger partial charge in [0, 0.05) is 23.1 Å². The molecule has 5 rings (SSSR count). The van der Waals surface area contributed by atoms with E-state index in [4.69, 9.17) is 18.9 Å². The number of benzene rings is 3. The minimum Gasteiger partial charge on any atom is -0.497 e. The Bertz CT molecular complexity index is 1330. The Morgan fingerprint density at radius 2 is 1.67 bits per heavy atom. The van der Waals surface area contributed by atoms with E-state index in [9.17, 15) is 14.9 Å². The number of methoxy groups -OCH3 is 3. The Balaban J connectivity index is 1.81. The number of anilines is 1. The van der Waals surface area contributed by atoms with Crippen molar-refractivity contribution in [1.29, 1.82) is 0 Å². The van der Waals surface area contributed by atoms with Crippen LogP contribution >= 0.6 is 0 Å². The summed E-state index contributed by atoms with van der Waals surface area (Å²) in [4.78, 5) is 28.0. The lowest BCUT2D eigenvalue weighted by atomic mass is 9.74. The van der Waals surface area contributed by atoms with Crippen LogP contribution in [0.15, 0.2) is 66.7 Å². The van der Waals surface area contributed by atoms with Crippen LogP contribution in [0.3, 0.4) is 0 Å². The first-order valence-electron chi connectivity index (χ1n) is 11.4. The van der Waals surface area contributed by atoms with Crippen molar-refractivity contribution in [2.24, 2.45) is 0 Å². The number of carbonyl (C=O) groups is 1. The van der Waals surface area contributed by atoms with Gasteiger partial charge in [0.2, 0.25) is 0 Å². The van der Waals surface area contributed by atoms with Crippen LogP contribution in [0, 0.1) is 10.1 Å². The van der Waals surface area contributed by atoms with Crippen LogP contribution < -0.4 is 19.1 Å². The predicted octanol–water partition coefficient (Wildman–Crippen LogP) is 4.08. The number of para-hydroxylation sites is 2. The molecule has 1 fully saturated rings. The van der Waals surface area contributed by atoms with Crippen molar-refractivity contribution in [3.63, 3.8) is 0 Å². The molecule has 2 heterocycles.